The summed E-state index contributed by atoms with van der Waals surface area (Å²) in [5, 5.41) is 9.40. The molecule has 1 amide bonds. The summed E-state index contributed by atoms with van der Waals surface area (Å²) in [4.78, 5) is 14.1. The van der Waals surface area contributed by atoms with Crippen LogP contribution >= 0.6 is 0 Å². The summed E-state index contributed by atoms with van der Waals surface area (Å²) in [7, 11) is 0. The van der Waals surface area contributed by atoms with Crippen LogP contribution in [0.25, 0.3) is 0 Å². The third-order valence-electron chi connectivity index (χ3n) is 5.10. The summed E-state index contributed by atoms with van der Waals surface area (Å²) in [6, 6.07) is 9.73. The van der Waals surface area contributed by atoms with Gasteiger partial charge < -0.3 is 24.1 Å². The van der Waals surface area contributed by atoms with Gasteiger partial charge in [-0.15, -0.1) is 0 Å². The van der Waals surface area contributed by atoms with Gasteiger partial charge in [0.1, 0.15) is 30.5 Å². The van der Waals surface area contributed by atoms with E-state index in [1.165, 1.54) is 0 Å². The van der Waals surface area contributed by atoms with Gasteiger partial charge in [0.05, 0.1) is 13.2 Å². The molecule has 0 unspecified atom stereocenters. The largest absolute Gasteiger partial charge is 0.447 e. The van der Waals surface area contributed by atoms with Crippen molar-refractivity contribution in [2.24, 2.45) is 0 Å². The maximum Gasteiger partial charge on any atom is 0.410 e. The van der Waals surface area contributed by atoms with Crippen molar-refractivity contribution in [2.75, 3.05) is 19.8 Å². The Kier molecular flexibility index (Phi) is 3.99. The Morgan fingerprint density at radius 2 is 2.00 bits per heavy atom. The van der Waals surface area contributed by atoms with Crippen LogP contribution in [0.15, 0.2) is 30.3 Å². The van der Waals surface area contributed by atoms with E-state index in [-0.39, 0.29) is 31.5 Å². The molecule has 1 aromatic carbocycles. The van der Waals surface area contributed by atoms with Gasteiger partial charge in [0, 0.05) is 6.54 Å². The third-order valence-corrected chi connectivity index (χ3v) is 5.10. The summed E-state index contributed by atoms with van der Waals surface area (Å²) < 4.78 is 23.0. The Hall–Kier alpha value is -1.67. The number of rotatable bonds is 4. The predicted molar refractivity (Wildman–Crippen MR) is 86.7 cm³/mol. The Bertz CT molecular complexity index is 650. The molecule has 0 saturated carbocycles. The van der Waals surface area contributed by atoms with Crippen LogP contribution in [-0.4, -0.2) is 65.6 Å². The highest BCUT2D eigenvalue weighted by molar-refractivity contribution is 5.71. The maximum atomic E-state index is 12.5. The first-order chi connectivity index (χ1) is 12.0. The minimum Gasteiger partial charge on any atom is -0.447 e. The molecule has 1 spiro atoms. The van der Waals surface area contributed by atoms with E-state index in [2.05, 4.69) is 0 Å². The fraction of sp³-hybridized carbons (Fsp3) is 0.611. The van der Waals surface area contributed by atoms with E-state index in [9.17, 15) is 9.90 Å². The highest BCUT2D eigenvalue weighted by atomic mass is 16.7. The monoisotopic (exact) mass is 349 g/mol. The summed E-state index contributed by atoms with van der Waals surface area (Å²) in [5.74, 6) is -0.786. The number of carbonyl (C=O) groups excluding carboxylic acids is 1. The molecule has 0 aliphatic carbocycles. The molecule has 7 nitrogen and oxygen atoms in total. The molecule has 1 aromatic rings. The van der Waals surface area contributed by atoms with Crippen LogP contribution in [0.5, 0.6) is 0 Å². The molecule has 3 aliphatic heterocycles. The van der Waals surface area contributed by atoms with Crippen LogP contribution in [0.2, 0.25) is 0 Å². The number of epoxide rings is 1. The lowest BCUT2D eigenvalue weighted by Crippen LogP contribution is -2.67. The van der Waals surface area contributed by atoms with Crippen LogP contribution in [0.3, 0.4) is 0 Å². The van der Waals surface area contributed by atoms with Crippen LogP contribution in [0.1, 0.15) is 19.4 Å². The molecule has 25 heavy (non-hydrogen) atoms. The smallest absolute Gasteiger partial charge is 0.410 e. The average Bonchev–Trinajstić information content (AvgIpc) is 3.33. The van der Waals surface area contributed by atoms with Gasteiger partial charge in [0.2, 0.25) is 0 Å². The van der Waals surface area contributed by atoms with Crippen molar-refractivity contribution in [1.29, 1.82) is 0 Å². The van der Waals surface area contributed by atoms with Crippen LogP contribution in [0, 0.1) is 0 Å². The van der Waals surface area contributed by atoms with E-state index >= 15 is 0 Å². The minimum absolute atomic E-state index is 0.0740. The molecule has 0 aromatic heterocycles. The highest BCUT2D eigenvalue weighted by Gasteiger charge is 2.65. The standard InChI is InChI=1S/C18H23NO6/c1-17(2)23-11-18(15(25-17)14-13(9-20)24-14)10-22-16(21)19(18)8-12-6-4-3-5-7-12/h3-7,13-15,20H,8-11H2,1-2H3/t13-,14+,15-,18-/m0/s1. The number of benzene rings is 1. The molecule has 3 saturated heterocycles. The molecule has 0 radical (unpaired) electrons. The van der Waals surface area contributed by atoms with Crippen molar-refractivity contribution in [1.82, 2.24) is 4.90 Å². The molecule has 4 atom stereocenters. The average molecular weight is 349 g/mol. The van der Waals surface area contributed by atoms with E-state index in [4.69, 9.17) is 18.9 Å². The van der Waals surface area contributed by atoms with Gasteiger partial charge in [-0.2, -0.15) is 0 Å². The molecule has 3 heterocycles. The van der Waals surface area contributed by atoms with Crippen molar-refractivity contribution in [3.05, 3.63) is 35.9 Å². The first kappa shape index (κ1) is 16.8. The normalized spacial score (nSPS) is 36.5. The second-order valence-corrected chi connectivity index (χ2v) is 7.28. The lowest BCUT2D eigenvalue weighted by atomic mass is 9.87. The van der Waals surface area contributed by atoms with Crippen LogP contribution in [-0.2, 0) is 25.5 Å². The Labute approximate surface area is 146 Å². The van der Waals surface area contributed by atoms with Crippen LogP contribution < -0.4 is 0 Å². The van der Waals surface area contributed by atoms with Gasteiger partial charge in [0.25, 0.3) is 0 Å². The second-order valence-electron chi connectivity index (χ2n) is 7.28. The van der Waals surface area contributed by atoms with Crippen molar-refractivity contribution >= 4 is 6.09 Å². The number of nitrogens with zero attached hydrogens (tertiary/aromatic N) is 1. The SMILES string of the molecule is CC1(C)OC[C@@]2(COC(=O)N2Cc2ccccc2)[C@H]([C@@H]2O[C@H]2CO)O1. The number of hydrogen-bond acceptors (Lipinski definition) is 6. The number of cyclic esters (lactones) is 1. The van der Waals surface area contributed by atoms with E-state index < -0.39 is 17.4 Å². The molecule has 1 N–H and O–H groups in total. The molecule has 3 aliphatic rings. The predicted octanol–water partition coefficient (Wildman–Crippen LogP) is 1.29. The maximum absolute atomic E-state index is 12.5. The van der Waals surface area contributed by atoms with Crippen molar-refractivity contribution in [3.63, 3.8) is 0 Å². The minimum atomic E-state index is -0.786. The molecule has 3 fully saturated rings. The van der Waals surface area contributed by atoms with E-state index in [0.717, 1.165) is 5.56 Å². The topological polar surface area (TPSA) is 80.8 Å². The third kappa shape index (κ3) is 2.91. The van der Waals surface area contributed by atoms with Crippen molar-refractivity contribution in [3.8, 4) is 0 Å². The first-order valence-electron chi connectivity index (χ1n) is 8.52. The Morgan fingerprint density at radius 1 is 1.24 bits per heavy atom. The molecular formula is C18H23NO6. The van der Waals surface area contributed by atoms with Gasteiger partial charge in [-0.25, -0.2) is 4.79 Å². The van der Waals surface area contributed by atoms with Crippen molar-refractivity contribution < 1.29 is 28.8 Å². The van der Waals surface area contributed by atoms with E-state index in [0.29, 0.717) is 13.2 Å². The van der Waals surface area contributed by atoms with Gasteiger partial charge in [-0.05, 0) is 19.4 Å². The van der Waals surface area contributed by atoms with Gasteiger partial charge in [0.15, 0.2) is 5.79 Å². The summed E-state index contributed by atoms with van der Waals surface area (Å²) in [6.45, 7) is 4.47. The number of aliphatic hydroxyl groups is 1. The number of ether oxygens (including phenoxy) is 4. The fourth-order valence-corrected chi connectivity index (χ4v) is 3.64. The first-order valence-corrected chi connectivity index (χ1v) is 8.52. The second kappa shape index (κ2) is 5.95. The summed E-state index contributed by atoms with van der Waals surface area (Å²) in [6.07, 6.45) is -1.36. The zero-order valence-corrected chi connectivity index (χ0v) is 14.4. The molecule has 4 rings (SSSR count). The highest BCUT2D eigenvalue weighted by Crippen LogP contribution is 2.44. The molecule has 7 heteroatoms. The van der Waals surface area contributed by atoms with Gasteiger partial charge >= 0.3 is 6.09 Å². The van der Waals surface area contributed by atoms with Crippen molar-refractivity contribution in [2.45, 2.75) is 50.0 Å². The quantitative estimate of drug-likeness (QED) is 0.825. The number of aliphatic hydroxyl groups excluding tert-OH is 1. The van der Waals surface area contributed by atoms with Gasteiger partial charge in [-0.1, -0.05) is 30.3 Å². The van der Waals surface area contributed by atoms with Gasteiger partial charge in [-0.3, -0.25) is 4.90 Å². The number of carbonyl (C=O) groups is 1. The molecule has 136 valence electrons. The zero-order chi connectivity index (χ0) is 17.7. The number of amides is 1. The number of hydrogen-bond donors (Lipinski definition) is 1. The van der Waals surface area contributed by atoms with E-state index in [1.54, 1.807) is 4.90 Å². The lowest BCUT2D eigenvalue weighted by Gasteiger charge is -2.49. The lowest BCUT2D eigenvalue weighted by molar-refractivity contribution is -0.315. The molecule has 0 bridgehead atoms. The fourth-order valence-electron chi connectivity index (χ4n) is 3.64. The molecular weight excluding hydrogens is 326 g/mol. The summed E-state index contributed by atoms with van der Waals surface area (Å²) >= 11 is 0. The summed E-state index contributed by atoms with van der Waals surface area (Å²) in [5.41, 5.74) is 0.233. The Balaban J connectivity index is 1.65. The zero-order valence-electron chi connectivity index (χ0n) is 14.4. The van der Waals surface area contributed by atoms with Crippen LogP contribution in [0.4, 0.5) is 4.79 Å². The van der Waals surface area contributed by atoms with E-state index in [1.807, 2.05) is 44.2 Å². The Morgan fingerprint density at radius 3 is 2.68 bits per heavy atom.